The van der Waals surface area contributed by atoms with E-state index in [9.17, 15) is 8.42 Å². The molecule has 1 unspecified atom stereocenters. The van der Waals surface area contributed by atoms with E-state index in [4.69, 9.17) is 5.73 Å². The first-order valence-electron chi connectivity index (χ1n) is 8.71. The van der Waals surface area contributed by atoms with E-state index in [1.54, 1.807) is 25.3 Å². The molecule has 0 saturated heterocycles. The van der Waals surface area contributed by atoms with E-state index in [2.05, 4.69) is 10.00 Å². The van der Waals surface area contributed by atoms with Crippen LogP contribution in [-0.2, 0) is 16.4 Å². The Morgan fingerprint density at radius 2 is 2.12 bits per heavy atom. The van der Waals surface area contributed by atoms with Crippen LogP contribution in [0.5, 0.6) is 0 Å². The van der Waals surface area contributed by atoms with Crippen LogP contribution in [0, 0.1) is 0 Å². The molecule has 0 saturated carbocycles. The summed E-state index contributed by atoms with van der Waals surface area (Å²) >= 11 is 0. The molecular formula is C19H26N4O2S. The summed E-state index contributed by atoms with van der Waals surface area (Å²) < 4.78 is 26.5. The zero-order valence-electron chi connectivity index (χ0n) is 15.5. The number of allylic oxidation sites excluding steroid dienone is 3. The van der Waals surface area contributed by atoms with Gasteiger partial charge in [-0.2, -0.15) is 9.19 Å². The fourth-order valence-electron chi connectivity index (χ4n) is 3.22. The van der Waals surface area contributed by atoms with Crippen molar-refractivity contribution in [2.24, 2.45) is 5.73 Å². The van der Waals surface area contributed by atoms with Gasteiger partial charge in [0.15, 0.2) is 0 Å². The monoisotopic (exact) mass is 374 g/mol. The second-order valence-corrected chi connectivity index (χ2v) is 9.48. The van der Waals surface area contributed by atoms with Crippen LogP contribution in [0.3, 0.4) is 0 Å². The van der Waals surface area contributed by atoms with E-state index < -0.39 is 14.8 Å². The van der Waals surface area contributed by atoms with Crippen molar-refractivity contribution in [3.05, 3.63) is 54.3 Å². The Hall–Kier alpha value is -1.96. The third-order valence-corrected chi connectivity index (χ3v) is 7.34. The van der Waals surface area contributed by atoms with Crippen LogP contribution in [-0.4, -0.2) is 53.9 Å². The van der Waals surface area contributed by atoms with Crippen LogP contribution in [0.4, 0.5) is 0 Å². The third kappa shape index (κ3) is 3.22. The van der Waals surface area contributed by atoms with Gasteiger partial charge in [0.25, 0.3) is 10.0 Å². The van der Waals surface area contributed by atoms with Crippen LogP contribution in [0.25, 0.3) is 10.9 Å². The maximum Gasteiger partial charge on any atom is 0.263 e. The van der Waals surface area contributed by atoms with Gasteiger partial charge < -0.3 is 10.6 Å². The molecule has 1 aliphatic rings. The van der Waals surface area contributed by atoms with Gasteiger partial charge in [0.05, 0.1) is 11.7 Å². The van der Waals surface area contributed by atoms with Crippen molar-refractivity contribution in [3.8, 4) is 0 Å². The fourth-order valence-corrected chi connectivity index (χ4v) is 4.77. The van der Waals surface area contributed by atoms with Crippen LogP contribution in [0.2, 0.25) is 0 Å². The molecule has 0 aliphatic heterocycles. The van der Waals surface area contributed by atoms with Gasteiger partial charge in [-0.25, -0.2) is 8.42 Å². The Kier molecular flexibility index (Phi) is 5.05. The smallest absolute Gasteiger partial charge is 0.263 e. The summed E-state index contributed by atoms with van der Waals surface area (Å²) in [7, 11) is 0.355. The maximum atomic E-state index is 13.2. The quantitative estimate of drug-likeness (QED) is 0.835. The van der Waals surface area contributed by atoms with Crippen molar-refractivity contribution in [2.45, 2.75) is 30.6 Å². The average molecular weight is 375 g/mol. The molecule has 1 heterocycles. The first-order valence-corrected chi connectivity index (χ1v) is 10.2. The molecule has 0 amide bonds. The van der Waals surface area contributed by atoms with Crippen LogP contribution < -0.4 is 5.73 Å². The van der Waals surface area contributed by atoms with Crippen molar-refractivity contribution >= 4 is 20.9 Å². The Bertz CT molecular complexity index is 959. The van der Waals surface area contributed by atoms with E-state index in [0.29, 0.717) is 18.5 Å². The lowest BCUT2D eigenvalue weighted by Gasteiger charge is -2.26. The number of benzene rings is 1. The standard InChI is InChI=1S/C19H26N4O2S/c1-19(9-5-4-6-10-19)26(24,25)23-18-8-7-15(11-16(18)14-21-23)12-17(13-20)22(2)3/h4-9,11,14,17H,10,12-13,20H2,1-3H3/t17-,19?/m0/s1. The summed E-state index contributed by atoms with van der Waals surface area (Å²) in [6.45, 7) is 2.30. The minimum Gasteiger partial charge on any atom is -0.329 e. The second-order valence-electron chi connectivity index (χ2n) is 7.25. The van der Waals surface area contributed by atoms with Crippen molar-refractivity contribution < 1.29 is 8.42 Å². The summed E-state index contributed by atoms with van der Waals surface area (Å²) in [5.41, 5.74) is 7.56. The summed E-state index contributed by atoms with van der Waals surface area (Å²) in [6.07, 6.45) is 10.1. The number of hydrogen-bond acceptors (Lipinski definition) is 5. The zero-order chi connectivity index (χ0) is 18.9. The molecule has 0 spiro atoms. The number of rotatable bonds is 6. The normalized spacial score (nSPS) is 21.6. The Morgan fingerprint density at radius 3 is 2.73 bits per heavy atom. The molecule has 0 fully saturated rings. The highest BCUT2D eigenvalue weighted by Gasteiger charge is 2.39. The van der Waals surface area contributed by atoms with Gasteiger partial charge in [-0.3, -0.25) is 0 Å². The number of likely N-dealkylation sites (N-methyl/N-ethyl adjacent to an activating group) is 1. The first-order chi connectivity index (χ1) is 12.3. The zero-order valence-corrected chi connectivity index (χ0v) is 16.3. The molecule has 0 radical (unpaired) electrons. The highest BCUT2D eigenvalue weighted by molar-refractivity contribution is 7.91. The van der Waals surface area contributed by atoms with E-state index in [1.807, 2.05) is 44.4 Å². The van der Waals surface area contributed by atoms with Gasteiger partial charge in [0.1, 0.15) is 4.75 Å². The number of aromatic nitrogens is 2. The molecular weight excluding hydrogens is 348 g/mol. The Labute approximate surface area is 155 Å². The van der Waals surface area contributed by atoms with Crippen LogP contribution in [0.1, 0.15) is 18.9 Å². The fraction of sp³-hybridized carbons (Fsp3) is 0.421. The lowest BCUT2D eigenvalue weighted by atomic mass is 10.0. The van der Waals surface area contributed by atoms with Gasteiger partial charge in [-0.15, -0.1) is 0 Å². The molecule has 0 bridgehead atoms. The SMILES string of the molecule is CN(C)[C@H](CN)Cc1ccc2c(cnn2S(=O)(=O)C2(C)C=CC=CC2)c1. The van der Waals surface area contributed by atoms with Crippen molar-refractivity contribution in [2.75, 3.05) is 20.6 Å². The molecule has 3 rings (SSSR count). The van der Waals surface area contributed by atoms with Crippen molar-refractivity contribution in [1.29, 1.82) is 0 Å². The minimum absolute atomic E-state index is 0.240. The number of fused-ring (bicyclic) bond motifs is 1. The summed E-state index contributed by atoms with van der Waals surface area (Å²) in [5, 5.41) is 5.02. The maximum absolute atomic E-state index is 13.2. The van der Waals surface area contributed by atoms with Gasteiger partial charge in [0.2, 0.25) is 0 Å². The first kappa shape index (κ1) is 18.8. The largest absolute Gasteiger partial charge is 0.329 e. The van der Waals surface area contributed by atoms with Gasteiger partial charge in [0, 0.05) is 18.0 Å². The Balaban J connectivity index is 1.97. The highest BCUT2D eigenvalue weighted by Crippen LogP contribution is 2.30. The number of hydrogen-bond donors (Lipinski definition) is 1. The summed E-state index contributed by atoms with van der Waals surface area (Å²) in [6, 6.07) is 6.04. The molecule has 2 aromatic rings. The van der Waals surface area contributed by atoms with Crippen LogP contribution >= 0.6 is 0 Å². The molecule has 2 N–H and O–H groups in total. The van der Waals surface area contributed by atoms with Gasteiger partial charge in [-0.1, -0.05) is 30.4 Å². The molecule has 2 atom stereocenters. The van der Waals surface area contributed by atoms with E-state index in [0.717, 1.165) is 17.4 Å². The van der Waals surface area contributed by atoms with Gasteiger partial charge in [-0.05, 0) is 51.6 Å². The lowest BCUT2D eigenvalue weighted by Crippen LogP contribution is -2.38. The predicted molar refractivity (Wildman–Crippen MR) is 106 cm³/mol. The lowest BCUT2D eigenvalue weighted by molar-refractivity contribution is 0.298. The molecule has 6 nitrogen and oxygen atoms in total. The van der Waals surface area contributed by atoms with Crippen LogP contribution in [0.15, 0.2) is 48.7 Å². The second kappa shape index (κ2) is 6.98. The number of nitrogens with zero attached hydrogens (tertiary/aromatic N) is 3. The highest BCUT2D eigenvalue weighted by atomic mass is 32.2. The van der Waals surface area contributed by atoms with E-state index >= 15 is 0 Å². The predicted octanol–water partition coefficient (Wildman–Crippen LogP) is 1.92. The van der Waals surface area contributed by atoms with E-state index in [1.165, 1.54) is 4.09 Å². The third-order valence-electron chi connectivity index (χ3n) is 5.11. The molecule has 26 heavy (non-hydrogen) atoms. The molecule has 1 aromatic heterocycles. The average Bonchev–Trinajstić information content (AvgIpc) is 3.03. The summed E-state index contributed by atoms with van der Waals surface area (Å²) in [4.78, 5) is 2.10. The molecule has 140 valence electrons. The topological polar surface area (TPSA) is 81.2 Å². The molecule has 7 heteroatoms. The van der Waals surface area contributed by atoms with Crippen molar-refractivity contribution in [1.82, 2.24) is 14.1 Å². The molecule has 1 aromatic carbocycles. The van der Waals surface area contributed by atoms with Crippen molar-refractivity contribution in [3.63, 3.8) is 0 Å². The van der Waals surface area contributed by atoms with E-state index in [-0.39, 0.29) is 6.04 Å². The van der Waals surface area contributed by atoms with Gasteiger partial charge >= 0.3 is 0 Å². The Morgan fingerprint density at radius 1 is 1.35 bits per heavy atom. The summed E-state index contributed by atoms with van der Waals surface area (Å²) in [5.74, 6) is 0. The molecule has 1 aliphatic carbocycles. The number of nitrogens with two attached hydrogens (primary N) is 1. The minimum atomic E-state index is -3.66.